The van der Waals surface area contributed by atoms with E-state index in [9.17, 15) is 19.5 Å². The lowest BCUT2D eigenvalue weighted by Crippen LogP contribution is -2.22. The number of anilines is 1. The van der Waals surface area contributed by atoms with Gasteiger partial charge in [0.25, 0.3) is 0 Å². The fourth-order valence-electron chi connectivity index (χ4n) is 2.86. The molecule has 0 aliphatic heterocycles. The van der Waals surface area contributed by atoms with Crippen LogP contribution in [0.25, 0.3) is 0 Å². The molecule has 3 aromatic rings. The highest BCUT2D eigenvalue weighted by Crippen LogP contribution is 2.19. The monoisotopic (exact) mass is 388 g/mol. The highest BCUT2D eigenvalue weighted by atomic mass is 16.5. The first-order valence-electron chi connectivity index (χ1n) is 8.86. The molecule has 0 aromatic heterocycles. The zero-order valence-corrected chi connectivity index (χ0v) is 15.7. The van der Waals surface area contributed by atoms with Gasteiger partial charge in [0, 0.05) is 22.4 Å². The van der Waals surface area contributed by atoms with Crippen molar-refractivity contribution in [3.63, 3.8) is 0 Å². The van der Waals surface area contributed by atoms with Crippen molar-refractivity contribution < 1.29 is 24.2 Å². The molecule has 0 atom stereocenters. The molecule has 0 spiro atoms. The summed E-state index contributed by atoms with van der Waals surface area (Å²) in [5.74, 6) is -1.10. The number of carbonyl (C=O) groups is 3. The van der Waals surface area contributed by atoms with Crippen LogP contribution in [0.1, 0.15) is 31.8 Å². The molecule has 1 N–H and O–H groups in total. The molecule has 146 valence electrons. The maximum absolute atomic E-state index is 12.5. The van der Waals surface area contributed by atoms with E-state index in [1.54, 1.807) is 37.4 Å². The van der Waals surface area contributed by atoms with Gasteiger partial charge in [0.1, 0.15) is 5.75 Å². The molecule has 3 aromatic carbocycles. The van der Waals surface area contributed by atoms with E-state index in [0.29, 0.717) is 22.6 Å². The second-order valence-electron chi connectivity index (χ2n) is 6.31. The van der Waals surface area contributed by atoms with Gasteiger partial charge < -0.3 is 20.0 Å². The van der Waals surface area contributed by atoms with Crippen LogP contribution >= 0.6 is 0 Å². The van der Waals surface area contributed by atoms with Crippen molar-refractivity contribution in [2.75, 3.05) is 12.4 Å². The molecule has 6 heteroatoms. The smallest absolute Gasteiger partial charge is 0.228 e. The highest BCUT2D eigenvalue weighted by molar-refractivity contribution is 6.09. The lowest BCUT2D eigenvalue weighted by atomic mass is 10.0. The molecule has 0 saturated heterocycles. The minimum atomic E-state index is -1.29. The van der Waals surface area contributed by atoms with Crippen LogP contribution in [0.4, 0.5) is 5.69 Å². The molecule has 3 rings (SSSR count). The van der Waals surface area contributed by atoms with E-state index in [2.05, 4.69) is 5.32 Å². The number of hydrogen-bond acceptors (Lipinski definition) is 5. The van der Waals surface area contributed by atoms with E-state index in [1.165, 1.54) is 24.3 Å². The van der Waals surface area contributed by atoms with Crippen LogP contribution in [0.15, 0.2) is 72.8 Å². The van der Waals surface area contributed by atoms with Crippen LogP contribution in [0.3, 0.4) is 0 Å². The van der Waals surface area contributed by atoms with Gasteiger partial charge in [-0.15, -0.1) is 0 Å². The van der Waals surface area contributed by atoms with Crippen LogP contribution in [0, 0.1) is 0 Å². The van der Waals surface area contributed by atoms with Crippen LogP contribution < -0.4 is 15.2 Å². The van der Waals surface area contributed by atoms with Crippen molar-refractivity contribution in [3.05, 3.63) is 95.1 Å². The minimum Gasteiger partial charge on any atom is -0.545 e. The third kappa shape index (κ3) is 4.87. The summed E-state index contributed by atoms with van der Waals surface area (Å²) in [6, 6.07) is 19.3. The van der Waals surface area contributed by atoms with Crippen molar-refractivity contribution in [2.45, 2.75) is 6.42 Å². The fourth-order valence-corrected chi connectivity index (χ4v) is 2.86. The largest absolute Gasteiger partial charge is 0.545 e. The second kappa shape index (κ2) is 8.84. The Morgan fingerprint density at radius 3 is 1.97 bits per heavy atom. The summed E-state index contributed by atoms with van der Waals surface area (Å²) in [7, 11) is 1.55. The number of ether oxygens (including phenoxy) is 1. The number of methoxy groups -OCH3 is 1. The lowest BCUT2D eigenvalue weighted by molar-refractivity contribution is -0.255. The van der Waals surface area contributed by atoms with Crippen molar-refractivity contribution >= 4 is 23.3 Å². The number of nitrogens with one attached hydrogen (secondary N) is 1. The van der Waals surface area contributed by atoms with Gasteiger partial charge in [0.2, 0.25) is 5.91 Å². The average molecular weight is 388 g/mol. The summed E-state index contributed by atoms with van der Waals surface area (Å²) in [5, 5.41) is 13.6. The third-order valence-electron chi connectivity index (χ3n) is 4.36. The molecule has 0 aliphatic rings. The quantitative estimate of drug-likeness (QED) is 0.628. The first kappa shape index (κ1) is 19.8. The van der Waals surface area contributed by atoms with Crippen molar-refractivity contribution in [2.24, 2.45) is 0 Å². The zero-order chi connectivity index (χ0) is 20.8. The molecule has 29 heavy (non-hydrogen) atoms. The van der Waals surface area contributed by atoms with Crippen LogP contribution in [-0.2, 0) is 11.2 Å². The highest BCUT2D eigenvalue weighted by Gasteiger charge is 2.11. The topological polar surface area (TPSA) is 95.5 Å². The Morgan fingerprint density at radius 1 is 0.828 bits per heavy atom. The van der Waals surface area contributed by atoms with E-state index < -0.39 is 5.97 Å². The number of benzene rings is 3. The number of carbonyl (C=O) groups excluding carboxylic acids is 3. The van der Waals surface area contributed by atoms with Crippen LogP contribution in [0.5, 0.6) is 5.75 Å². The molecular formula is C23H18NO5-. The van der Waals surface area contributed by atoms with Crippen molar-refractivity contribution in [1.29, 1.82) is 0 Å². The normalized spacial score (nSPS) is 10.2. The van der Waals surface area contributed by atoms with Crippen LogP contribution in [0.2, 0.25) is 0 Å². The van der Waals surface area contributed by atoms with Gasteiger partial charge in [-0.1, -0.05) is 42.5 Å². The van der Waals surface area contributed by atoms with Gasteiger partial charge in [-0.25, -0.2) is 0 Å². The number of carboxylic acids is 1. The first-order valence-corrected chi connectivity index (χ1v) is 8.86. The number of para-hydroxylation sites is 1. The maximum Gasteiger partial charge on any atom is 0.228 e. The predicted octanol–water partition coefficient (Wildman–Crippen LogP) is 2.47. The standard InChI is InChI=1S/C23H19NO5/c1-29-20-5-3-2-4-18(20)14-21(25)24-19-12-10-16(11-13-19)22(26)15-6-8-17(9-7-15)23(27)28/h2-13H,14H2,1H3,(H,24,25)(H,27,28)/p-1. The molecule has 0 heterocycles. The molecule has 0 radical (unpaired) electrons. The summed E-state index contributed by atoms with van der Waals surface area (Å²) >= 11 is 0. The van der Waals surface area contributed by atoms with E-state index in [1.807, 2.05) is 18.2 Å². The summed E-state index contributed by atoms with van der Waals surface area (Å²) in [5.41, 5.74) is 2.14. The van der Waals surface area contributed by atoms with Crippen molar-refractivity contribution in [1.82, 2.24) is 0 Å². The zero-order valence-electron chi connectivity index (χ0n) is 15.7. The molecule has 0 saturated carbocycles. The van der Waals surface area contributed by atoms with E-state index in [-0.39, 0.29) is 23.7 Å². The third-order valence-corrected chi connectivity index (χ3v) is 4.36. The number of carboxylic acid groups (broad SMARTS) is 1. The molecule has 0 aliphatic carbocycles. The Labute approximate surface area is 167 Å². The second-order valence-corrected chi connectivity index (χ2v) is 6.31. The van der Waals surface area contributed by atoms with Gasteiger partial charge in [-0.05, 0) is 35.9 Å². The van der Waals surface area contributed by atoms with Crippen molar-refractivity contribution in [3.8, 4) is 5.75 Å². The van der Waals surface area contributed by atoms with Gasteiger partial charge in [0.15, 0.2) is 5.78 Å². The Balaban J connectivity index is 1.65. The number of rotatable bonds is 7. The van der Waals surface area contributed by atoms with Gasteiger partial charge in [0.05, 0.1) is 19.5 Å². The Hall–Kier alpha value is -3.93. The fraction of sp³-hybridized carbons (Fsp3) is 0.0870. The van der Waals surface area contributed by atoms with E-state index in [0.717, 1.165) is 5.56 Å². The van der Waals surface area contributed by atoms with Crippen LogP contribution in [-0.4, -0.2) is 24.8 Å². The SMILES string of the molecule is COc1ccccc1CC(=O)Nc1ccc(C(=O)c2ccc(C(=O)[O-])cc2)cc1. The lowest BCUT2D eigenvalue weighted by Gasteiger charge is -2.09. The van der Waals surface area contributed by atoms with Gasteiger partial charge >= 0.3 is 0 Å². The molecular weight excluding hydrogens is 370 g/mol. The Kier molecular flexibility index (Phi) is 6.04. The van der Waals surface area contributed by atoms with E-state index >= 15 is 0 Å². The summed E-state index contributed by atoms with van der Waals surface area (Å²) in [6.07, 6.45) is 0.162. The number of hydrogen-bond donors (Lipinski definition) is 1. The minimum absolute atomic E-state index is 0.00894. The number of ketones is 1. The predicted molar refractivity (Wildman–Crippen MR) is 106 cm³/mol. The summed E-state index contributed by atoms with van der Waals surface area (Å²) in [4.78, 5) is 35.6. The Morgan fingerprint density at radius 2 is 1.38 bits per heavy atom. The number of amides is 1. The van der Waals surface area contributed by atoms with Gasteiger partial charge in [-0.3, -0.25) is 9.59 Å². The van der Waals surface area contributed by atoms with E-state index in [4.69, 9.17) is 4.74 Å². The molecule has 0 fully saturated rings. The molecule has 0 unspecified atom stereocenters. The summed E-state index contributed by atoms with van der Waals surface area (Å²) in [6.45, 7) is 0. The first-order chi connectivity index (χ1) is 14.0. The maximum atomic E-state index is 12.5. The van der Waals surface area contributed by atoms with Gasteiger partial charge in [-0.2, -0.15) is 0 Å². The molecule has 0 bridgehead atoms. The average Bonchev–Trinajstić information content (AvgIpc) is 2.74. The summed E-state index contributed by atoms with van der Waals surface area (Å²) < 4.78 is 5.25. The number of aromatic carboxylic acids is 1. The Bertz CT molecular complexity index is 1040. The molecule has 1 amide bonds. The molecule has 6 nitrogen and oxygen atoms in total.